The summed E-state index contributed by atoms with van der Waals surface area (Å²) in [5, 5.41) is 10.8. The number of benzene rings is 2. The summed E-state index contributed by atoms with van der Waals surface area (Å²) in [5.41, 5.74) is 0.260. The predicted molar refractivity (Wildman–Crippen MR) is 78.3 cm³/mol. The van der Waals surface area contributed by atoms with E-state index in [-0.39, 0.29) is 17.9 Å². The molecule has 0 heterocycles. The van der Waals surface area contributed by atoms with Gasteiger partial charge in [0.2, 0.25) is 5.91 Å². The number of nitrogens with zero attached hydrogens (tertiary/aromatic N) is 1. The van der Waals surface area contributed by atoms with Crippen molar-refractivity contribution in [1.82, 2.24) is 0 Å². The van der Waals surface area contributed by atoms with Gasteiger partial charge in [-0.15, -0.1) is 0 Å². The molecule has 0 aliphatic rings. The molecule has 6 heteroatoms. The lowest BCUT2D eigenvalue weighted by Gasteiger charge is -2.09. The molecule has 2 rings (SSSR count). The molecule has 1 N–H and O–H groups in total. The Bertz CT molecular complexity index is 726. The Balaban J connectivity index is 2.12. The first-order valence-corrected chi connectivity index (χ1v) is 6.40. The smallest absolute Gasteiger partial charge is 0.238 e. The lowest BCUT2D eigenvalue weighted by molar-refractivity contribution is -0.115. The van der Waals surface area contributed by atoms with Gasteiger partial charge in [0, 0.05) is 17.8 Å². The summed E-state index contributed by atoms with van der Waals surface area (Å²) in [6, 6.07) is 12.5. The van der Waals surface area contributed by atoms with Gasteiger partial charge in [-0.2, -0.15) is 5.26 Å². The van der Waals surface area contributed by atoms with Crippen LogP contribution in [-0.4, -0.2) is 13.0 Å². The number of nitriles is 1. The van der Waals surface area contributed by atoms with Crippen LogP contribution in [0.15, 0.2) is 42.5 Å². The number of methoxy groups -OCH3 is 1. The Morgan fingerprint density at radius 2 is 2.05 bits per heavy atom. The molecule has 0 spiro atoms. The molecule has 0 aliphatic heterocycles. The molecule has 0 aliphatic carbocycles. The lowest BCUT2D eigenvalue weighted by atomic mass is 10.2. The van der Waals surface area contributed by atoms with Gasteiger partial charge in [0.1, 0.15) is 17.9 Å². The molecule has 0 atom stereocenters. The fourth-order valence-electron chi connectivity index (χ4n) is 1.73. The Morgan fingerprint density at radius 1 is 1.27 bits per heavy atom. The number of carbonyl (C=O) groups is 1. The highest BCUT2D eigenvalue weighted by atomic mass is 19.1. The minimum absolute atomic E-state index is 0.0199. The molecule has 2 aromatic rings. The number of carbonyl (C=O) groups excluding carboxylic acids is 1. The summed E-state index contributed by atoms with van der Waals surface area (Å²) in [6.07, 6.45) is -0.288. The van der Waals surface area contributed by atoms with Crippen molar-refractivity contribution < 1.29 is 18.7 Å². The molecule has 22 heavy (non-hydrogen) atoms. The molecule has 0 radical (unpaired) electrons. The maximum Gasteiger partial charge on any atom is 0.238 e. The molecule has 0 bridgehead atoms. The van der Waals surface area contributed by atoms with Gasteiger partial charge in [0.25, 0.3) is 0 Å². The first-order valence-electron chi connectivity index (χ1n) is 6.40. The number of nitrogens with one attached hydrogen (secondary N) is 1. The zero-order chi connectivity index (χ0) is 15.9. The van der Waals surface area contributed by atoms with Gasteiger partial charge < -0.3 is 14.8 Å². The molecule has 0 saturated heterocycles. The quantitative estimate of drug-likeness (QED) is 0.917. The van der Waals surface area contributed by atoms with E-state index in [4.69, 9.17) is 14.7 Å². The maximum atomic E-state index is 14.0. The van der Waals surface area contributed by atoms with Crippen LogP contribution in [-0.2, 0) is 4.79 Å². The maximum absolute atomic E-state index is 14.0. The number of hydrogen-bond donors (Lipinski definition) is 1. The number of halogens is 1. The fraction of sp³-hybridized carbons (Fsp3) is 0.125. The third-order valence-corrected chi connectivity index (χ3v) is 2.72. The summed E-state index contributed by atoms with van der Waals surface area (Å²) in [4.78, 5) is 11.3. The second-order valence-electron chi connectivity index (χ2n) is 4.31. The SMILES string of the molecule is COc1cccc(Oc2ccc(NC(=O)CC#N)cc2F)c1. The van der Waals surface area contributed by atoms with Gasteiger partial charge in [0.05, 0.1) is 13.2 Å². The van der Waals surface area contributed by atoms with Gasteiger partial charge in [-0.3, -0.25) is 4.79 Å². The predicted octanol–water partition coefficient (Wildman–Crippen LogP) is 3.48. The molecule has 2 aromatic carbocycles. The Morgan fingerprint density at radius 3 is 2.73 bits per heavy atom. The van der Waals surface area contributed by atoms with Crippen molar-refractivity contribution in [2.45, 2.75) is 6.42 Å². The minimum Gasteiger partial charge on any atom is -0.497 e. The monoisotopic (exact) mass is 300 g/mol. The van der Waals surface area contributed by atoms with E-state index in [2.05, 4.69) is 5.32 Å². The van der Waals surface area contributed by atoms with Crippen LogP contribution < -0.4 is 14.8 Å². The third-order valence-electron chi connectivity index (χ3n) is 2.72. The number of ether oxygens (including phenoxy) is 2. The summed E-state index contributed by atoms with van der Waals surface area (Å²) in [6.45, 7) is 0. The summed E-state index contributed by atoms with van der Waals surface area (Å²) in [5.74, 6) is -0.0784. The molecule has 1 amide bonds. The van der Waals surface area contributed by atoms with E-state index < -0.39 is 11.7 Å². The number of rotatable bonds is 5. The number of anilines is 1. The highest BCUT2D eigenvalue weighted by Crippen LogP contribution is 2.28. The van der Waals surface area contributed by atoms with Gasteiger partial charge in [-0.1, -0.05) is 6.07 Å². The van der Waals surface area contributed by atoms with Crippen LogP contribution in [0, 0.1) is 17.1 Å². The highest BCUT2D eigenvalue weighted by Gasteiger charge is 2.08. The molecule has 0 aromatic heterocycles. The van der Waals surface area contributed by atoms with E-state index in [1.807, 2.05) is 0 Å². The summed E-state index contributed by atoms with van der Waals surface area (Å²) in [7, 11) is 1.53. The first kappa shape index (κ1) is 15.3. The topological polar surface area (TPSA) is 71.3 Å². The van der Waals surface area contributed by atoms with Crippen molar-refractivity contribution in [2.24, 2.45) is 0 Å². The van der Waals surface area contributed by atoms with Gasteiger partial charge >= 0.3 is 0 Å². The van der Waals surface area contributed by atoms with Crippen molar-refractivity contribution in [1.29, 1.82) is 5.26 Å². The summed E-state index contributed by atoms with van der Waals surface area (Å²) < 4.78 is 24.5. The highest BCUT2D eigenvalue weighted by molar-refractivity contribution is 5.92. The average molecular weight is 300 g/mol. The molecule has 112 valence electrons. The second-order valence-corrected chi connectivity index (χ2v) is 4.31. The van der Waals surface area contributed by atoms with Crippen LogP contribution in [0.5, 0.6) is 17.2 Å². The first-order chi connectivity index (χ1) is 10.6. The normalized spacial score (nSPS) is 9.68. The van der Waals surface area contributed by atoms with Crippen molar-refractivity contribution in [3.8, 4) is 23.3 Å². The Kier molecular flexibility index (Phi) is 4.94. The van der Waals surface area contributed by atoms with E-state index in [0.717, 1.165) is 6.07 Å². The van der Waals surface area contributed by atoms with E-state index in [9.17, 15) is 9.18 Å². The third kappa shape index (κ3) is 3.96. The van der Waals surface area contributed by atoms with Crippen LogP contribution in [0.3, 0.4) is 0 Å². The van der Waals surface area contributed by atoms with Gasteiger partial charge in [-0.05, 0) is 24.3 Å². The molecular formula is C16H13FN2O3. The summed E-state index contributed by atoms with van der Waals surface area (Å²) >= 11 is 0. The van der Waals surface area contributed by atoms with Crippen molar-refractivity contribution in [2.75, 3.05) is 12.4 Å². The van der Waals surface area contributed by atoms with Crippen LogP contribution >= 0.6 is 0 Å². The largest absolute Gasteiger partial charge is 0.497 e. The number of hydrogen-bond acceptors (Lipinski definition) is 4. The minimum atomic E-state index is -0.627. The Labute approximate surface area is 126 Å². The lowest BCUT2D eigenvalue weighted by Crippen LogP contribution is -2.10. The van der Waals surface area contributed by atoms with Crippen molar-refractivity contribution in [3.05, 3.63) is 48.3 Å². The van der Waals surface area contributed by atoms with E-state index >= 15 is 0 Å². The van der Waals surface area contributed by atoms with Crippen molar-refractivity contribution in [3.63, 3.8) is 0 Å². The number of amides is 1. The zero-order valence-corrected chi connectivity index (χ0v) is 11.8. The molecule has 0 unspecified atom stereocenters. The van der Waals surface area contributed by atoms with E-state index in [0.29, 0.717) is 11.5 Å². The molecule has 0 saturated carbocycles. The average Bonchev–Trinajstić information content (AvgIpc) is 2.50. The fourth-order valence-corrected chi connectivity index (χ4v) is 1.73. The van der Waals surface area contributed by atoms with Gasteiger partial charge in [-0.25, -0.2) is 4.39 Å². The van der Waals surface area contributed by atoms with Crippen LogP contribution in [0.25, 0.3) is 0 Å². The standard InChI is InChI=1S/C16H13FN2O3/c1-21-12-3-2-4-13(10-12)22-15-6-5-11(9-14(15)17)19-16(20)7-8-18/h2-6,9-10H,7H2,1H3,(H,19,20). The Hall–Kier alpha value is -3.07. The molecular weight excluding hydrogens is 287 g/mol. The van der Waals surface area contributed by atoms with E-state index in [1.165, 1.54) is 19.2 Å². The van der Waals surface area contributed by atoms with Crippen LogP contribution in [0.1, 0.15) is 6.42 Å². The van der Waals surface area contributed by atoms with Crippen LogP contribution in [0.2, 0.25) is 0 Å². The van der Waals surface area contributed by atoms with Crippen LogP contribution in [0.4, 0.5) is 10.1 Å². The molecule has 5 nitrogen and oxygen atoms in total. The second kappa shape index (κ2) is 7.09. The van der Waals surface area contributed by atoms with Gasteiger partial charge in [0.15, 0.2) is 11.6 Å². The molecule has 0 fully saturated rings. The van der Waals surface area contributed by atoms with E-state index in [1.54, 1.807) is 30.3 Å². The van der Waals surface area contributed by atoms with Crippen molar-refractivity contribution >= 4 is 11.6 Å². The zero-order valence-electron chi connectivity index (χ0n) is 11.8.